The van der Waals surface area contributed by atoms with Crippen molar-refractivity contribution in [1.29, 1.82) is 0 Å². The minimum Gasteiger partial charge on any atom is -0.489 e. The summed E-state index contributed by atoms with van der Waals surface area (Å²) in [5.41, 5.74) is 2.90. The highest BCUT2D eigenvalue weighted by atomic mass is 16.5. The van der Waals surface area contributed by atoms with Crippen molar-refractivity contribution in [2.75, 3.05) is 26.9 Å². The van der Waals surface area contributed by atoms with Gasteiger partial charge in [0, 0.05) is 32.4 Å². The Hall–Kier alpha value is -2.37. The first-order valence-electron chi connectivity index (χ1n) is 9.94. The molecule has 1 atom stereocenters. The van der Waals surface area contributed by atoms with Crippen LogP contribution in [0.5, 0.6) is 5.75 Å². The Labute approximate surface area is 167 Å². The molecule has 3 rings (SSSR count). The Morgan fingerprint density at radius 1 is 1.14 bits per heavy atom. The van der Waals surface area contributed by atoms with Gasteiger partial charge in [0.05, 0.1) is 0 Å². The van der Waals surface area contributed by atoms with E-state index in [4.69, 9.17) is 14.2 Å². The second-order valence-electron chi connectivity index (χ2n) is 6.87. The third-order valence-corrected chi connectivity index (χ3v) is 5.00. The maximum absolute atomic E-state index is 13.0. The molecule has 0 saturated heterocycles. The number of fused-ring (bicyclic) bond motifs is 1. The number of methoxy groups -OCH3 is 1. The molecule has 0 radical (unpaired) electrons. The van der Waals surface area contributed by atoms with Crippen molar-refractivity contribution in [3.05, 3.63) is 65.2 Å². The summed E-state index contributed by atoms with van der Waals surface area (Å²) in [5.74, 6) is 0.822. The first-order valence-corrected chi connectivity index (χ1v) is 9.94. The molecule has 5 nitrogen and oxygen atoms in total. The van der Waals surface area contributed by atoms with Crippen molar-refractivity contribution in [2.24, 2.45) is 0 Å². The molecule has 0 fully saturated rings. The third kappa shape index (κ3) is 5.12. The molecule has 0 aliphatic carbocycles. The van der Waals surface area contributed by atoms with E-state index < -0.39 is 0 Å². The van der Waals surface area contributed by atoms with Gasteiger partial charge in [0.2, 0.25) is 0 Å². The Morgan fingerprint density at radius 3 is 2.71 bits per heavy atom. The largest absolute Gasteiger partial charge is 0.489 e. The Kier molecular flexibility index (Phi) is 7.46. The fourth-order valence-corrected chi connectivity index (χ4v) is 3.49. The van der Waals surface area contributed by atoms with E-state index in [2.05, 4.69) is 0 Å². The molecule has 1 aliphatic heterocycles. The number of rotatable bonds is 10. The summed E-state index contributed by atoms with van der Waals surface area (Å²) in [6, 6.07) is 15.8. The number of ether oxygens (including phenoxy) is 3. The molecule has 1 heterocycles. The van der Waals surface area contributed by atoms with E-state index in [1.54, 1.807) is 7.11 Å². The summed E-state index contributed by atoms with van der Waals surface area (Å²) >= 11 is 0. The molecule has 28 heavy (non-hydrogen) atoms. The van der Waals surface area contributed by atoms with E-state index >= 15 is 0 Å². The van der Waals surface area contributed by atoms with Crippen LogP contribution in [0.3, 0.4) is 0 Å². The third-order valence-electron chi connectivity index (χ3n) is 5.00. The van der Waals surface area contributed by atoms with Crippen molar-refractivity contribution in [3.8, 4) is 5.75 Å². The Balaban J connectivity index is 1.62. The maximum atomic E-state index is 13.0. The fraction of sp³-hybridized carbons (Fsp3) is 0.435. The normalized spacial score (nSPS) is 14.6. The van der Waals surface area contributed by atoms with Gasteiger partial charge in [0.1, 0.15) is 18.6 Å². The standard InChI is InChI=1S/C23H29NO4/c1-3-27-15-7-10-22(26-2)24-14-13-19-16-20(11-12-21(19)23(24)25)28-17-18-8-5-4-6-9-18/h4-6,8-9,11-12,16,22H,3,7,10,13-15,17H2,1-2H3. The van der Waals surface area contributed by atoms with E-state index in [9.17, 15) is 4.79 Å². The number of carbonyl (C=O) groups is 1. The fourth-order valence-electron chi connectivity index (χ4n) is 3.49. The summed E-state index contributed by atoms with van der Waals surface area (Å²) in [6.45, 7) is 4.56. The second-order valence-corrected chi connectivity index (χ2v) is 6.87. The second kappa shape index (κ2) is 10.2. The minimum atomic E-state index is -0.213. The van der Waals surface area contributed by atoms with E-state index in [1.807, 2.05) is 60.4 Å². The number of benzene rings is 2. The molecule has 1 unspecified atom stereocenters. The van der Waals surface area contributed by atoms with Gasteiger partial charge in [-0.15, -0.1) is 0 Å². The van der Waals surface area contributed by atoms with Crippen LogP contribution in [0.15, 0.2) is 48.5 Å². The van der Waals surface area contributed by atoms with Crippen molar-refractivity contribution < 1.29 is 19.0 Å². The summed E-state index contributed by atoms with van der Waals surface area (Å²) in [5, 5.41) is 0. The lowest BCUT2D eigenvalue weighted by atomic mass is 9.98. The van der Waals surface area contributed by atoms with Crippen molar-refractivity contribution >= 4 is 5.91 Å². The van der Waals surface area contributed by atoms with Crippen LogP contribution in [0.2, 0.25) is 0 Å². The monoisotopic (exact) mass is 383 g/mol. The van der Waals surface area contributed by atoms with Crippen LogP contribution < -0.4 is 4.74 Å². The summed E-state index contributed by atoms with van der Waals surface area (Å²) < 4.78 is 16.9. The first-order chi connectivity index (χ1) is 13.7. The van der Waals surface area contributed by atoms with Gasteiger partial charge in [-0.25, -0.2) is 0 Å². The highest BCUT2D eigenvalue weighted by molar-refractivity contribution is 5.97. The molecule has 0 aromatic heterocycles. The highest BCUT2D eigenvalue weighted by Gasteiger charge is 2.30. The molecule has 0 saturated carbocycles. The maximum Gasteiger partial charge on any atom is 0.256 e. The van der Waals surface area contributed by atoms with Crippen LogP contribution >= 0.6 is 0 Å². The van der Waals surface area contributed by atoms with E-state index in [1.165, 1.54) is 0 Å². The van der Waals surface area contributed by atoms with E-state index in [-0.39, 0.29) is 12.1 Å². The Bertz CT molecular complexity index is 762. The molecule has 2 aromatic rings. The molecule has 150 valence electrons. The number of carbonyl (C=O) groups excluding carboxylic acids is 1. The van der Waals surface area contributed by atoms with Gasteiger partial charge in [0.15, 0.2) is 0 Å². The van der Waals surface area contributed by atoms with Crippen LogP contribution in [0.1, 0.15) is 41.3 Å². The predicted octanol–water partition coefficient (Wildman–Crippen LogP) is 4.05. The lowest BCUT2D eigenvalue weighted by Crippen LogP contribution is -2.45. The zero-order valence-electron chi connectivity index (χ0n) is 16.7. The number of amides is 1. The van der Waals surface area contributed by atoms with Crippen molar-refractivity contribution in [1.82, 2.24) is 4.90 Å². The Morgan fingerprint density at radius 2 is 1.96 bits per heavy atom. The van der Waals surface area contributed by atoms with Gasteiger partial charge in [-0.05, 0) is 55.5 Å². The number of nitrogens with zero attached hydrogens (tertiary/aromatic N) is 1. The molecule has 0 bridgehead atoms. The zero-order chi connectivity index (χ0) is 19.8. The van der Waals surface area contributed by atoms with Gasteiger partial charge < -0.3 is 19.1 Å². The van der Waals surface area contributed by atoms with Crippen LogP contribution in [0.4, 0.5) is 0 Å². The summed E-state index contributed by atoms with van der Waals surface area (Å²) in [6.07, 6.45) is 2.23. The number of hydrogen-bond donors (Lipinski definition) is 0. The molecule has 0 N–H and O–H groups in total. The quantitative estimate of drug-likeness (QED) is 0.581. The molecule has 5 heteroatoms. The van der Waals surface area contributed by atoms with Crippen LogP contribution in [-0.4, -0.2) is 43.9 Å². The average Bonchev–Trinajstić information content (AvgIpc) is 2.74. The number of hydrogen-bond acceptors (Lipinski definition) is 4. The molecule has 1 amide bonds. The van der Waals surface area contributed by atoms with Crippen molar-refractivity contribution in [3.63, 3.8) is 0 Å². The van der Waals surface area contributed by atoms with Gasteiger partial charge >= 0.3 is 0 Å². The van der Waals surface area contributed by atoms with Gasteiger partial charge in [-0.3, -0.25) is 4.79 Å². The molecule has 1 aliphatic rings. The predicted molar refractivity (Wildman–Crippen MR) is 108 cm³/mol. The molecular formula is C23H29NO4. The highest BCUT2D eigenvalue weighted by Crippen LogP contribution is 2.26. The van der Waals surface area contributed by atoms with Gasteiger partial charge in [-0.2, -0.15) is 0 Å². The van der Waals surface area contributed by atoms with E-state index in [0.717, 1.165) is 41.7 Å². The van der Waals surface area contributed by atoms with Crippen LogP contribution in [0.25, 0.3) is 0 Å². The smallest absolute Gasteiger partial charge is 0.256 e. The average molecular weight is 383 g/mol. The van der Waals surface area contributed by atoms with Gasteiger partial charge in [-0.1, -0.05) is 30.3 Å². The first kappa shape index (κ1) is 20.4. The molecule has 0 spiro atoms. The van der Waals surface area contributed by atoms with Gasteiger partial charge in [0.25, 0.3) is 5.91 Å². The minimum absolute atomic E-state index is 0.0270. The summed E-state index contributed by atoms with van der Waals surface area (Å²) in [7, 11) is 1.66. The topological polar surface area (TPSA) is 48.0 Å². The lowest BCUT2D eigenvalue weighted by molar-refractivity contribution is -0.0309. The molecular weight excluding hydrogens is 354 g/mol. The van der Waals surface area contributed by atoms with Crippen LogP contribution in [0, 0.1) is 0 Å². The van der Waals surface area contributed by atoms with Crippen LogP contribution in [-0.2, 0) is 22.5 Å². The van der Waals surface area contributed by atoms with E-state index in [0.29, 0.717) is 26.4 Å². The lowest BCUT2D eigenvalue weighted by Gasteiger charge is -2.34. The van der Waals surface area contributed by atoms with Crippen molar-refractivity contribution in [2.45, 2.75) is 39.0 Å². The SMILES string of the molecule is CCOCCCC(OC)N1CCc2cc(OCc3ccccc3)ccc2C1=O. The zero-order valence-corrected chi connectivity index (χ0v) is 16.7. The molecule has 2 aromatic carbocycles. The summed E-state index contributed by atoms with van der Waals surface area (Å²) in [4.78, 5) is 14.8.